The van der Waals surface area contributed by atoms with E-state index in [1.165, 1.54) is 38.3 Å². The lowest BCUT2D eigenvalue weighted by Gasteiger charge is -2.33. The standard InChI is InChI=1S/C28H32ClN3O6S/c1-30-28(34)25(16-20-9-6-5-7-10-20)31(18-21-11-8-12-23(15-21)37-2)27(33)19-32(39(4,35)36)24-17-22(29)13-14-26(24)38-3/h5-15,17,25H,16,18-19H2,1-4H3,(H,30,34)/t25-/m1/s1. The van der Waals surface area contributed by atoms with Gasteiger partial charge in [0.25, 0.3) is 0 Å². The van der Waals surface area contributed by atoms with Gasteiger partial charge < -0.3 is 19.7 Å². The van der Waals surface area contributed by atoms with E-state index in [0.717, 1.165) is 16.1 Å². The lowest BCUT2D eigenvalue weighted by atomic mass is 10.0. The molecule has 3 aromatic rings. The van der Waals surface area contributed by atoms with Gasteiger partial charge in [-0.25, -0.2) is 8.42 Å². The average Bonchev–Trinajstić information content (AvgIpc) is 2.93. The van der Waals surface area contributed by atoms with Crippen LogP contribution in [0, 0.1) is 0 Å². The van der Waals surface area contributed by atoms with Crippen LogP contribution >= 0.6 is 11.6 Å². The fourth-order valence-electron chi connectivity index (χ4n) is 4.14. The van der Waals surface area contributed by atoms with Gasteiger partial charge in [-0.2, -0.15) is 0 Å². The van der Waals surface area contributed by atoms with Crippen LogP contribution in [0.5, 0.6) is 11.5 Å². The number of hydrogen-bond acceptors (Lipinski definition) is 6. The van der Waals surface area contributed by atoms with Gasteiger partial charge in [-0.15, -0.1) is 0 Å². The van der Waals surface area contributed by atoms with Crippen molar-refractivity contribution in [2.24, 2.45) is 0 Å². The summed E-state index contributed by atoms with van der Waals surface area (Å²) in [5, 5.41) is 2.91. The minimum absolute atomic E-state index is 0.0330. The highest BCUT2D eigenvalue weighted by atomic mass is 35.5. The van der Waals surface area contributed by atoms with Crippen LogP contribution in [0.3, 0.4) is 0 Å². The number of ether oxygens (including phenoxy) is 2. The number of carbonyl (C=O) groups is 2. The Morgan fingerprint density at radius 2 is 1.64 bits per heavy atom. The summed E-state index contributed by atoms with van der Waals surface area (Å²) in [4.78, 5) is 28.6. The highest BCUT2D eigenvalue weighted by Crippen LogP contribution is 2.33. The van der Waals surface area contributed by atoms with Crippen molar-refractivity contribution in [2.75, 3.05) is 38.4 Å². The predicted octanol–water partition coefficient (Wildman–Crippen LogP) is 3.51. The molecule has 0 spiro atoms. The maximum atomic E-state index is 14.0. The lowest BCUT2D eigenvalue weighted by Crippen LogP contribution is -2.52. The van der Waals surface area contributed by atoms with Gasteiger partial charge in [-0.3, -0.25) is 13.9 Å². The second kappa shape index (κ2) is 13.3. The van der Waals surface area contributed by atoms with Gasteiger partial charge in [0.1, 0.15) is 24.1 Å². The van der Waals surface area contributed by atoms with Gasteiger partial charge >= 0.3 is 0 Å². The van der Waals surface area contributed by atoms with E-state index in [2.05, 4.69) is 5.32 Å². The minimum atomic E-state index is -3.96. The first kappa shape index (κ1) is 29.8. The summed E-state index contributed by atoms with van der Waals surface area (Å²) in [5.74, 6) is -0.166. The summed E-state index contributed by atoms with van der Waals surface area (Å²) in [6.07, 6.45) is 1.21. The van der Waals surface area contributed by atoms with E-state index in [9.17, 15) is 18.0 Å². The number of sulfonamides is 1. The number of likely N-dealkylation sites (N-methyl/N-ethyl adjacent to an activating group) is 1. The zero-order chi connectivity index (χ0) is 28.6. The van der Waals surface area contributed by atoms with Crippen LogP contribution < -0.4 is 19.1 Å². The third-order valence-corrected chi connectivity index (χ3v) is 7.45. The van der Waals surface area contributed by atoms with E-state index in [1.54, 1.807) is 30.3 Å². The fraction of sp³-hybridized carbons (Fsp3) is 0.286. The maximum absolute atomic E-state index is 14.0. The number of nitrogens with one attached hydrogen (secondary N) is 1. The Hall–Kier alpha value is -3.76. The highest BCUT2D eigenvalue weighted by Gasteiger charge is 2.33. The average molecular weight is 574 g/mol. The Kier molecular flexibility index (Phi) is 10.2. The van der Waals surface area contributed by atoms with E-state index in [1.807, 2.05) is 30.3 Å². The largest absolute Gasteiger partial charge is 0.497 e. The van der Waals surface area contributed by atoms with Crippen molar-refractivity contribution in [1.82, 2.24) is 10.2 Å². The molecule has 9 nitrogen and oxygen atoms in total. The van der Waals surface area contributed by atoms with Crippen LogP contribution in [-0.2, 0) is 32.6 Å². The van der Waals surface area contributed by atoms with Crippen LogP contribution in [0.25, 0.3) is 0 Å². The second-order valence-corrected chi connectivity index (χ2v) is 11.1. The maximum Gasteiger partial charge on any atom is 0.244 e. The summed E-state index contributed by atoms with van der Waals surface area (Å²) in [7, 11) is 0.460. The number of carbonyl (C=O) groups excluding carboxylic acids is 2. The molecule has 39 heavy (non-hydrogen) atoms. The first-order chi connectivity index (χ1) is 18.6. The number of hydrogen-bond donors (Lipinski definition) is 1. The molecule has 0 fully saturated rings. The number of nitrogens with zero attached hydrogens (tertiary/aromatic N) is 2. The van der Waals surface area contributed by atoms with Crippen molar-refractivity contribution in [2.45, 2.75) is 19.0 Å². The molecular weight excluding hydrogens is 542 g/mol. The molecule has 0 aliphatic carbocycles. The molecule has 208 valence electrons. The zero-order valence-electron chi connectivity index (χ0n) is 22.3. The van der Waals surface area contributed by atoms with Crippen LogP contribution in [0.2, 0.25) is 5.02 Å². The number of halogens is 1. The molecule has 3 aromatic carbocycles. The second-order valence-electron chi connectivity index (χ2n) is 8.78. The topological polar surface area (TPSA) is 105 Å². The highest BCUT2D eigenvalue weighted by molar-refractivity contribution is 7.92. The Morgan fingerprint density at radius 3 is 2.26 bits per heavy atom. The molecule has 0 aromatic heterocycles. The first-order valence-electron chi connectivity index (χ1n) is 12.1. The molecule has 11 heteroatoms. The first-order valence-corrected chi connectivity index (χ1v) is 14.3. The lowest BCUT2D eigenvalue weighted by molar-refractivity contribution is -0.139. The third kappa shape index (κ3) is 7.87. The Labute approximate surface area is 234 Å². The Morgan fingerprint density at radius 1 is 0.949 bits per heavy atom. The number of methoxy groups -OCH3 is 2. The van der Waals surface area contributed by atoms with E-state index in [0.29, 0.717) is 11.3 Å². The molecule has 2 amide bonds. The third-order valence-electron chi connectivity index (χ3n) is 6.09. The van der Waals surface area contributed by atoms with Gasteiger partial charge in [0.15, 0.2) is 0 Å². The smallest absolute Gasteiger partial charge is 0.244 e. The van der Waals surface area contributed by atoms with Crippen LogP contribution in [-0.4, -0.2) is 65.2 Å². The van der Waals surface area contributed by atoms with Gasteiger partial charge in [0, 0.05) is 25.0 Å². The molecule has 3 rings (SSSR count). The van der Waals surface area contributed by atoms with Crippen LogP contribution in [0.15, 0.2) is 72.8 Å². The summed E-state index contributed by atoms with van der Waals surface area (Å²) < 4.78 is 37.5. The molecule has 0 bridgehead atoms. The number of anilines is 1. The Balaban J connectivity index is 2.08. The summed E-state index contributed by atoms with van der Waals surface area (Å²) in [6, 6.07) is 20.0. The number of benzene rings is 3. The molecular formula is C28H32ClN3O6S. The zero-order valence-corrected chi connectivity index (χ0v) is 23.8. The molecule has 0 heterocycles. The van der Waals surface area contributed by atoms with Gasteiger partial charge in [-0.05, 0) is 41.5 Å². The molecule has 1 N–H and O–H groups in total. The van der Waals surface area contributed by atoms with Crippen molar-refractivity contribution in [3.8, 4) is 11.5 Å². The molecule has 0 aliphatic heterocycles. The molecule has 0 saturated carbocycles. The summed E-state index contributed by atoms with van der Waals surface area (Å²) in [5.41, 5.74) is 1.66. The van der Waals surface area contributed by atoms with Crippen molar-refractivity contribution in [3.63, 3.8) is 0 Å². The van der Waals surface area contributed by atoms with Gasteiger partial charge in [0.2, 0.25) is 21.8 Å². The number of amides is 2. The van der Waals surface area contributed by atoms with Crippen molar-refractivity contribution < 1.29 is 27.5 Å². The van der Waals surface area contributed by atoms with E-state index < -0.39 is 28.5 Å². The minimum Gasteiger partial charge on any atom is -0.497 e. The van der Waals surface area contributed by atoms with Crippen molar-refractivity contribution >= 4 is 39.1 Å². The molecule has 0 saturated heterocycles. The molecule has 0 radical (unpaired) electrons. The van der Waals surface area contributed by atoms with E-state index >= 15 is 0 Å². The van der Waals surface area contributed by atoms with E-state index in [4.69, 9.17) is 21.1 Å². The van der Waals surface area contributed by atoms with Crippen molar-refractivity contribution in [3.05, 3.63) is 88.9 Å². The SMILES string of the molecule is CNC(=O)[C@@H](Cc1ccccc1)N(Cc1cccc(OC)c1)C(=O)CN(c1cc(Cl)ccc1OC)S(C)(=O)=O. The fourth-order valence-corrected chi connectivity index (χ4v) is 5.15. The monoisotopic (exact) mass is 573 g/mol. The predicted molar refractivity (Wildman–Crippen MR) is 152 cm³/mol. The molecule has 1 atom stereocenters. The van der Waals surface area contributed by atoms with Gasteiger partial charge in [-0.1, -0.05) is 54.1 Å². The van der Waals surface area contributed by atoms with Crippen LogP contribution in [0.4, 0.5) is 5.69 Å². The quantitative estimate of drug-likeness (QED) is 0.355. The molecule has 0 aliphatic rings. The summed E-state index contributed by atoms with van der Waals surface area (Å²) >= 11 is 6.17. The van der Waals surface area contributed by atoms with Gasteiger partial charge in [0.05, 0.1) is 26.2 Å². The number of rotatable bonds is 12. The van der Waals surface area contributed by atoms with Crippen LogP contribution in [0.1, 0.15) is 11.1 Å². The Bertz CT molecular complexity index is 1400. The van der Waals surface area contributed by atoms with E-state index in [-0.39, 0.29) is 35.3 Å². The van der Waals surface area contributed by atoms with Crippen molar-refractivity contribution in [1.29, 1.82) is 0 Å². The molecule has 0 unspecified atom stereocenters. The summed E-state index contributed by atoms with van der Waals surface area (Å²) in [6.45, 7) is -0.549. The normalized spacial score (nSPS) is 11.8.